The Morgan fingerprint density at radius 1 is 0.963 bits per heavy atom. The lowest BCUT2D eigenvalue weighted by atomic mass is 9.90. The first kappa shape index (κ1) is 18.0. The van der Waals surface area contributed by atoms with Crippen molar-refractivity contribution in [2.75, 3.05) is 26.7 Å². The average molecular weight is 374 g/mol. The molecular formula is C21H21F3N2O. The number of carbonyl (C=O) groups is 1. The van der Waals surface area contributed by atoms with Crippen molar-refractivity contribution in [3.8, 4) is 0 Å². The number of likely N-dealkylation sites (tertiary alicyclic amines) is 2. The largest absolute Gasteiger partial charge is 0.416 e. The van der Waals surface area contributed by atoms with Gasteiger partial charge in [-0.2, -0.15) is 13.2 Å². The summed E-state index contributed by atoms with van der Waals surface area (Å²) >= 11 is 0. The van der Waals surface area contributed by atoms with E-state index in [1.165, 1.54) is 17.7 Å². The molecule has 0 N–H and O–H groups in total. The average Bonchev–Trinajstić information content (AvgIpc) is 3.17. The van der Waals surface area contributed by atoms with Gasteiger partial charge in [-0.05, 0) is 42.8 Å². The van der Waals surface area contributed by atoms with E-state index in [0.29, 0.717) is 30.5 Å². The number of hydrogen-bond donors (Lipinski definition) is 0. The number of amides is 1. The molecule has 2 fully saturated rings. The molecule has 2 saturated heterocycles. The number of benzene rings is 2. The zero-order chi connectivity index (χ0) is 19.2. The number of halogens is 3. The van der Waals surface area contributed by atoms with Gasteiger partial charge in [0.1, 0.15) is 0 Å². The predicted molar refractivity (Wildman–Crippen MR) is 96.1 cm³/mol. The third-order valence-electron chi connectivity index (χ3n) is 5.78. The highest BCUT2D eigenvalue weighted by atomic mass is 19.4. The lowest BCUT2D eigenvalue weighted by Crippen LogP contribution is -2.33. The minimum absolute atomic E-state index is 0.187. The summed E-state index contributed by atoms with van der Waals surface area (Å²) in [5.74, 6) is 0.544. The number of nitrogens with zero attached hydrogens (tertiary/aromatic N) is 2. The van der Waals surface area contributed by atoms with Crippen LogP contribution in [-0.2, 0) is 6.18 Å². The molecule has 2 aromatic rings. The topological polar surface area (TPSA) is 23.6 Å². The zero-order valence-corrected chi connectivity index (χ0v) is 15.0. The van der Waals surface area contributed by atoms with Gasteiger partial charge in [-0.25, -0.2) is 0 Å². The van der Waals surface area contributed by atoms with Gasteiger partial charge in [-0.1, -0.05) is 30.3 Å². The van der Waals surface area contributed by atoms with Crippen LogP contribution in [0.15, 0.2) is 54.6 Å². The first-order valence-electron chi connectivity index (χ1n) is 9.06. The Hall–Kier alpha value is -2.34. The van der Waals surface area contributed by atoms with E-state index in [1.54, 1.807) is 4.90 Å². The van der Waals surface area contributed by atoms with Gasteiger partial charge >= 0.3 is 6.18 Å². The van der Waals surface area contributed by atoms with E-state index in [1.807, 2.05) is 18.2 Å². The fraction of sp³-hybridized carbons (Fsp3) is 0.381. The van der Waals surface area contributed by atoms with E-state index in [-0.39, 0.29) is 11.9 Å². The van der Waals surface area contributed by atoms with Crippen molar-refractivity contribution in [1.82, 2.24) is 9.80 Å². The van der Waals surface area contributed by atoms with Crippen LogP contribution in [0.2, 0.25) is 0 Å². The molecule has 0 aliphatic carbocycles. The Kier molecular flexibility index (Phi) is 4.46. The SMILES string of the molecule is CN1C[C@H]2CN(C(=O)c3ccc(C(F)(F)F)cc3)C[C@H]2[C@@H]1c1ccccc1. The van der Waals surface area contributed by atoms with Gasteiger partial charge in [0.05, 0.1) is 5.56 Å². The van der Waals surface area contributed by atoms with Gasteiger partial charge in [-0.15, -0.1) is 0 Å². The van der Waals surface area contributed by atoms with Crippen LogP contribution >= 0.6 is 0 Å². The second-order valence-electron chi connectivity index (χ2n) is 7.50. The third-order valence-corrected chi connectivity index (χ3v) is 5.78. The molecule has 0 bridgehead atoms. The minimum Gasteiger partial charge on any atom is -0.338 e. The molecular weight excluding hydrogens is 353 g/mol. The molecule has 3 atom stereocenters. The van der Waals surface area contributed by atoms with Gasteiger partial charge in [0, 0.05) is 37.2 Å². The molecule has 0 saturated carbocycles. The predicted octanol–water partition coefficient (Wildman–Crippen LogP) is 4.08. The Balaban J connectivity index is 1.50. The Morgan fingerprint density at radius 3 is 2.26 bits per heavy atom. The molecule has 0 spiro atoms. The second-order valence-corrected chi connectivity index (χ2v) is 7.50. The maximum atomic E-state index is 12.8. The Labute approximate surface area is 156 Å². The first-order chi connectivity index (χ1) is 12.8. The van der Waals surface area contributed by atoms with Gasteiger partial charge in [0.15, 0.2) is 0 Å². The fourth-order valence-corrected chi connectivity index (χ4v) is 4.56. The molecule has 6 heteroatoms. The molecule has 2 aliphatic heterocycles. The number of carbonyl (C=O) groups excluding carboxylic acids is 1. The fourth-order valence-electron chi connectivity index (χ4n) is 4.56. The molecule has 1 amide bonds. The molecule has 0 aromatic heterocycles. The van der Waals surface area contributed by atoms with Gasteiger partial charge < -0.3 is 4.90 Å². The zero-order valence-electron chi connectivity index (χ0n) is 15.0. The van der Waals surface area contributed by atoms with E-state index >= 15 is 0 Å². The first-order valence-corrected chi connectivity index (χ1v) is 9.06. The third kappa shape index (κ3) is 3.34. The minimum atomic E-state index is -4.39. The Morgan fingerprint density at radius 2 is 1.63 bits per heavy atom. The summed E-state index contributed by atoms with van der Waals surface area (Å²) in [7, 11) is 2.11. The monoisotopic (exact) mass is 374 g/mol. The summed E-state index contributed by atoms with van der Waals surface area (Å²) in [4.78, 5) is 16.9. The van der Waals surface area contributed by atoms with E-state index in [4.69, 9.17) is 0 Å². The molecule has 0 unspecified atom stereocenters. The van der Waals surface area contributed by atoms with Crippen LogP contribution in [0.3, 0.4) is 0 Å². The van der Waals surface area contributed by atoms with Crippen LogP contribution in [0.25, 0.3) is 0 Å². The second kappa shape index (κ2) is 6.68. The van der Waals surface area contributed by atoms with Gasteiger partial charge in [0.2, 0.25) is 0 Å². The van der Waals surface area contributed by atoms with Crippen molar-refractivity contribution in [1.29, 1.82) is 0 Å². The lowest BCUT2D eigenvalue weighted by Gasteiger charge is -2.27. The summed E-state index contributed by atoms with van der Waals surface area (Å²) in [6.45, 7) is 2.20. The summed E-state index contributed by atoms with van der Waals surface area (Å²) in [5.41, 5.74) is 0.826. The maximum absolute atomic E-state index is 12.8. The number of fused-ring (bicyclic) bond motifs is 1. The van der Waals surface area contributed by atoms with Crippen LogP contribution in [0.4, 0.5) is 13.2 Å². The van der Waals surface area contributed by atoms with Gasteiger partial charge in [-0.3, -0.25) is 9.69 Å². The standard InChI is InChI=1S/C21H21F3N2O/c1-25-11-16-12-26(13-18(16)19(25)14-5-3-2-4-6-14)20(27)15-7-9-17(10-8-15)21(22,23)24/h2-10,16,18-19H,11-13H2,1H3/t16-,18+,19-/m0/s1. The van der Waals surface area contributed by atoms with Crippen molar-refractivity contribution in [3.05, 3.63) is 71.3 Å². The van der Waals surface area contributed by atoms with Crippen molar-refractivity contribution in [2.24, 2.45) is 11.8 Å². The quantitative estimate of drug-likeness (QED) is 0.791. The van der Waals surface area contributed by atoms with E-state index in [2.05, 4.69) is 24.1 Å². The lowest BCUT2D eigenvalue weighted by molar-refractivity contribution is -0.137. The molecule has 142 valence electrons. The molecule has 2 aliphatic rings. The summed E-state index contributed by atoms with van der Waals surface area (Å²) in [6, 6.07) is 15.0. The van der Waals surface area contributed by atoms with Crippen molar-refractivity contribution >= 4 is 5.91 Å². The van der Waals surface area contributed by atoms with Crippen LogP contribution in [0.1, 0.15) is 27.5 Å². The molecule has 0 radical (unpaired) electrons. The van der Waals surface area contributed by atoms with Crippen LogP contribution in [0.5, 0.6) is 0 Å². The van der Waals surface area contributed by atoms with Crippen LogP contribution in [-0.4, -0.2) is 42.4 Å². The van der Waals surface area contributed by atoms with Crippen molar-refractivity contribution in [3.63, 3.8) is 0 Å². The smallest absolute Gasteiger partial charge is 0.338 e. The molecule has 2 heterocycles. The molecule has 27 heavy (non-hydrogen) atoms. The van der Waals surface area contributed by atoms with Crippen LogP contribution in [0, 0.1) is 11.8 Å². The molecule has 4 rings (SSSR count). The molecule has 2 aromatic carbocycles. The van der Waals surface area contributed by atoms with Crippen LogP contribution < -0.4 is 0 Å². The highest BCUT2D eigenvalue weighted by molar-refractivity contribution is 5.94. The number of rotatable bonds is 2. The van der Waals surface area contributed by atoms with Crippen molar-refractivity contribution in [2.45, 2.75) is 12.2 Å². The van der Waals surface area contributed by atoms with E-state index < -0.39 is 11.7 Å². The maximum Gasteiger partial charge on any atom is 0.416 e. The van der Waals surface area contributed by atoms with Crippen molar-refractivity contribution < 1.29 is 18.0 Å². The molecule has 3 nitrogen and oxygen atoms in total. The normalized spacial score (nSPS) is 25.6. The highest BCUT2D eigenvalue weighted by Crippen LogP contribution is 2.44. The highest BCUT2D eigenvalue weighted by Gasteiger charge is 2.47. The van der Waals surface area contributed by atoms with Gasteiger partial charge in [0.25, 0.3) is 5.91 Å². The summed E-state index contributed by atoms with van der Waals surface area (Å²) in [5, 5.41) is 0. The Bertz CT molecular complexity index is 820. The number of hydrogen-bond acceptors (Lipinski definition) is 2. The number of alkyl halides is 3. The summed E-state index contributed by atoms with van der Waals surface area (Å²) < 4.78 is 38.2. The van der Waals surface area contributed by atoms with E-state index in [0.717, 1.165) is 18.7 Å². The van der Waals surface area contributed by atoms with E-state index in [9.17, 15) is 18.0 Å². The summed E-state index contributed by atoms with van der Waals surface area (Å²) in [6.07, 6.45) is -4.39.